The van der Waals surface area contributed by atoms with Gasteiger partial charge in [0, 0.05) is 35.8 Å². The summed E-state index contributed by atoms with van der Waals surface area (Å²) in [5, 5.41) is 19.3. The van der Waals surface area contributed by atoms with E-state index < -0.39 is 6.10 Å². The molecule has 2 amide bonds. The van der Waals surface area contributed by atoms with Crippen molar-refractivity contribution in [3.05, 3.63) is 58.7 Å². The second kappa shape index (κ2) is 12.0. The molecule has 0 spiro atoms. The molecular formula is C32H47N3O3. The number of aryl methyl sites for hydroxylation is 1. The zero-order valence-electron chi connectivity index (χ0n) is 24.6. The molecule has 6 nitrogen and oxygen atoms in total. The summed E-state index contributed by atoms with van der Waals surface area (Å²) >= 11 is 0. The van der Waals surface area contributed by atoms with Gasteiger partial charge in [-0.25, -0.2) is 0 Å². The molecule has 0 fully saturated rings. The van der Waals surface area contributed by atoms with Gasteiger partial charge in [-0.2, -0.15) is 0 Å². The number of carbonyl (C=O) groups excluding carboxylic acids is 2. The van der Waals surface area contributed by atoms with Crippen LogP contribution in [-0.4, -0.2) is 58.1 Å². The molecule has 208 valence electrons. The first kappa shape index (κ1) is 29.9. The largest absolute Gasteiger partial charge is 0.393 e. The van der Waals surface area contributed by atoms with Gasteiger partial charge in [-0.1, -0.05) is 42.0 Å². The van der Waals surface area contributed by atoms with Crippen molar-refractivity contribution in [3.8, 4) is 0 Å². The Bertz CT molecular complexity index is 1180. The number of nitrogens with zero attached hydrogens (tertiary/aromatic N) is 1. The molecule has 2 aromatic carbocycles. The number of hydrogen-bond donors (Lipinski definition) is 3. The molecule has 0 saturated heterocycles. The Balaban J connectivity index is 1.82. The van der Waals surface area contributed by atoms with E-state index in [0.717, 1.165) is 40.4 Å². The maximum absolute atomic E-state index is 13.3. The van der Waals surface area contributed by atoms with Gasteiger partial charge in [0.1, 0.15) is 0 Å². The number of carbonyl (C=O) groups is 2. The van der Waals surface area contributed by atoms with Crippen LogP contribution in [0.2, 0.25) is 0 Å². The highest BCUT2D eigenvalue weighted by Crippen LogP contribution is 2.28. The number of fused-ring (bicyclic) bond motifs is 1. The van der Waals surface area contributed by atoms with Crippen molar-refractivity contribution < 1.29 is 14.7 Å². The molecule has 1 unspecified atom stereocenters. The normalized spacial score (nSPS) is 16.2. The van der Waals surface area contributed by atoms with Gasteiger partial charge in [0.2, 0.25) is 5.91 Å². The van der Waals surface area contributed by atoms with Gasteiger partial charge in [-0.05, 0) is 97.4 Å². The van der Waals surface area contributed by atoms with E-state index >= 15 is 0 Å². The van der Waals surface area contributed by atoms with Crippen LogP contribution in [0.25, 0.3) is 10.8 Å². The van der Waals surface area contributed by atoms with Crippen LogP contribution in [0.4, 0.5) is 0 Å². The average molecular weight is 522 g/mol. The summed E-state index contributed by atoms with van der Waals surface area (Å²) in [4.78, 5) is 28.8. The second-order valence-corrected chi connectivity index (χ2v) is 13.0. The predicted octanol–water partition coefficient (Wildman–Crippen LogP) is 5.38. The van der Waals surface area contributed by atoms with E-state index in [9.17, 15) is 14.7 Å². The van der Waals surface area contributed by atoms with E-state index in [1.807, 2.05) is 77.9 Å². The van der Waals surface area contributed by atoms with E-state index in [1.54, 1.807) is 0 Å². The van der Waals surface area contributed by atoms with Crippen molar-refractivity contribution >= 4 is 22.6 Å². The van der Waals surface area contributed by atoms with Crippen molar-refractivity contribution in [1.82, 2.24) is 15.5 Å². The Morgan fingerprint density at radius 2 is 1.58 bits per heavy atom. The maximum atomic E-state index is 13.3. The highest BCUT2D eigenvalue weighted by Gasteiger charge is 2.28. The minimum atomic E-state index is -0.599. The van der Waals surface area contributed by atoms with Crippen molar-refractivity contribution in [2.75, 3.05) is 13.1 Å². The first-order valence-electron chi connectivity index (χ1n) is 13.9. The Morgan fingerprint density at radius 1 is 0.947 bits per heavy atom. The summed E-state index contributed by atoms with van der Waals surface area (Å²) in [5.41, 5.74) is 2.76. The highest BCUT2D eigenvalue weighted by molar-refractivity contribution is 6.08. The molecule has 3 rings (SSSR count). The van der Waals surface area contributed by atoms with E-state index in [1.165, 1.54) is 0 Å². The Hall–Kier alpha value is -2.70. The molecule has 0 saturated carbocycles. The first-order valence-corrected chi connectivity index (χ1v) is 13.9. The lowest BCUT2D eigenvalue weighted by Crippen LogP contribution is -2.46. The summed E-state index contributed by atoms with van der Waals surface area (Å²) < 4.78 is 0. The lowest BCUT2D eigenvalue weighted by molar-refractivity contribution is -0.119. The third-order valence-corrected chi connectivity index (χ3v) is 6.94. The minimum Gasteiger partial charge on any atom is -0.393 e. The summed E-state index contributed by atoms with van der Waals surface area (Å²) in [5.74, 6) is -0.135. The monoisotopic (exact) mass is 521 g/mol. The molecule has 0 aliphatic carbocycles. The quantitative estimate of drug-likeness (QED) is 0.436. The molecule has 1 heterocycles. The molecule has 0 aromatic heterocycles. The fraction of sp³-hybridized carbons (Fsp3) is 0.562. The van der Waals surface area contributed by atoms with Gasteiger partial charge in [-0.15, -0.1) is 0 Å². The molecule has 6 heteroatoms. The summed E-state index contributed by atoms with van der Waals surface area (Å²) in [6, 6.07) is 12.3. The number of rotatable bonds is 8. The molecule has 3 N–H and O–H groups in total. The average Bonchev–Trinajstić information content (AvgIpc) is 2.80. The summed E-state index contributed by atoms with van der Waals surface area (Å²) in [6.07, 6.45) is 1.74. The Kier molecular flexibility index (Phi) is 9.43. The number of aliphatic hydroxyl groups is 1. The smallest absolute Gasteiger partial charge is 0.252 e. The molecular weight excluding hydrogens is 474 g/mol. The van der Waals surface area contributed by atoms with Crippen molar-refractivity contribution in [1.29, 1.82) is 0 Å². The SMILES string of the molecule is CC(C)N1CCC(CC(O)CCc2ccc3ccccc3c2C(=O)NC(C)(C)C)=C(C(=O)NC(C)(C)C)C1. The lowest BCUT2D eigenvalue weighted by Gasteiger charge is -2.35. The third-order valence-electron chi connectivity index (χ3n) is 6.94. The van der Waals surface area contributed by atoms with Gasteiger partial charge < -0.3 is 15.7 Å². The lowest BCUT2D eigenvalue weighted by atomic mass is 9.90. The van der Waals surface area contributed by atoms with Crippen LogP contribution in [0.1, 0.15) is 90.6 Å². The zero-order valence-corrected chi connectivity index (χ0v) is 24.6. The first-order chi connectivity index (χ1) is 17.6. The number of aliphatic hydroxyl groups excluding tert-OH is 1. The van der Waals surface area contributed by atoms with Crippen LogP contribution in [0.5, 0.6) is 0 Å². The van der Waals surface area contributed by atoms with Crippen molar-refractivity contribution in [2.24, 2.45) is 0 Å². The second-order valence-electron chi connectivity index (χ2n) is 13.0. The van der Waals surface area contributed by atoms with Gasteiger partial charge in [0.05, 0.1) is 11.7 Å². The predicted molar refractivity (Wildman–Crippen MR) is 156 cm³/mol. The van der Waals surface area contributed by atoms with Gasteiger partial charge >= 0.3 is 0 Å². The topological polar surface area (TPSA) is 81.7 Å². The molecule has 1 aliphatic rings. The van der Waals surface area contributed by atoms with Gasteiger partial charge in [0.25, 0.3) is 5.91 Å². The van der Waals surface area contributed by atoms with Crippen LogP contribution in [0, 0.1) is 0 Å². The summed E-state index contributed by atoms with van der Waals surface area (Å²) in [6.45, 7) is 17.7. The maximum Gasteiger partial charge on any atom is 0.252 e. The van der Waals surface area contributed by atoms with E-state index in [-0.39, 0.29) is 22.9 Å². The molecule has 0 bridgehead atoms. The standard InChI is InChI=1S/C32H47N3O3/c1-21(2)35-18-17-24(27(20-35)29(37)33-31(3,4)5)19-25(36)16-15-23-14-13-22-11-9-10-12-26(22)28(23)30(38)34-32(6,7)8/h9-14,21,25,36H,15-20H2,1-8H3,(H,33,37)(H,34,38). The third kappa shape index (κ3) is 8.15. The van der Waals surface area contributed by atoms with Gasteiger partial charge in [0.15, 0.2) is 0 Å². The number of hydrogen-bond acceptors (Lipinski definition) is 4. The number of amides is 2. The molecule has 1 atom stereocenters. The Morgan fingerprint density at radius 3 is 2.21 bits per heavy atom. The zero-order chi connectivity index (χ0) is 28.3. The van der Waals surface area contributed by atoms with Crippen LogP contribution < -0.4 is 10.6 Å². The Labute approximate surface area is 228 Å². The summed E-state index contributed by atoms with van der Waals surface area (Å²) in [7, 11) is 0. The fourth-order valence-electron chi connectivity index (χ4n) is 5.04. The van der Waals surface area contributed by atoms with Gasteiger partial charge in [-0.3, -0.25) is 14.5 Å². The van der Waals surface area contributed by atoms with E-state index in [0.29, 0.717) is 37.4 Å². The van der Waals surface area contributed by atoms with Crippen molar-refractivity contribution in [3.63, 3.8) is 0 Å². The highest BCUT2D eigenvalue weighted by atomic mass is 16.3. The van der Waals surface area contributed by atoms with Crippen molar-refractivity contribution in [2.45, 2.75) is 104 Å². The molecule has 2 aromatic rings. The van der Waals surface area contributed by atoms with Crippen LogP contribution in [0.15, 0.2) is 47.5 Å². The molecule has 1 aliphatic heterocycles. The molecule has 38 heavy (non-hydrogen) atoms. The van der Waals surface area contributed by atoms with Crippen LogP contribution >= 0.6 is 0 Å². The van der Waals surface area contributed by atoms with E-state index in [2.05, 4.69) is 29.4 Å². The number of benzene rings is 2. The van der Waals surface area contributed by atoms with Crippen LogP contribution in [0.3, 0.4) is 0 Å². The fourth-order valence-corrected chi connectivity index (χ4v) is 5.04. The van der Waals surface area contributed by atoms with E-state index in [4.69, 9.17) is 0 Å². The minimum absolute atomic E-state index is 0.0410. The number of nitrogens with one attached hydrogen (secondary N) is 2. The van der Waals surface area contributed by atoms with Crippen LogP contribution in [-0.2, 0) is 11.2 Å². The molecule has 0 radical (unpaired) electrons.